The third-order valence-electron chi connectivity index (χ3n) is 6.68. The maximum absolute atomic E-state index is 13.8. The summed E-state index contributed by atoms with van der Waals surface area (Å²) in [5.41, 5.74) is 2.41. The van der Waals surface area contributed by atoms with Gasteiger partial charge in [-0.2, -0.15) is 0 Å². The standard InChI is InChI=1S/C30H26N2O7S/c1-5-38-29(36)25-17(3)31-30-32(26(25)21-9-6-7-12-22(21)37-4)27(33)24(40-30)15-18-13-14-23(39-18)19-10-8-11-20(16(19)2)28(34)35/h6-15,26H,5H2,1-4H3,(H,34,35)/t26-/m0/s1. The molecule has 4 aromatic rings. The van der Waals surface area contributed by atoms with Gasteiger partial charge in [0.2, 0.25) is 0 Å². The molecule has 9 nitrogen and oxygen atoms in total. The number of ether oxygens (including phenoxy) is 2. The van der Waals surface area contributed by atoms with Crippen LogP contribution in [0.25, 0.3) is 17.4 Å². The number of hydrogen-bond acceptors (Lipinski definition) is 8. The summed E-state index contributed by atoms with van der Waals surface area (Å²) in [4.78, 5) is 43.5. The number of benzene rings is 2. The van der Waals surface area contributed by atoms with E-state index in [-0.39, 0.29) is 23.3 Å². The van der Waals surface area contributed by atoms with Crippen molar-refractivity contribution in [3.63, 3.8) is 0 Å². The molecule has 1 aliphatic rings. The second-order valence-electron chi connectivity index (χ2n) is 9.03. The quantitative estimate of drug-likeness (QED) is 0.340. The number of carbonyl (C=O) groups is 2. The molecule has 0 fully saturated rings. The zero-order chi connectivity index (χ0) is 28.6. The first kappa shape index (κ1) is 26.9. The van der Waals surface area contributed by atoms with Gasteiger partial charge in [-0.25, -0.2) is 14.6 Å². The number of allylic oxidation sites excluding steroid dienone is 1. The normalized spacial score (nSPS) is 15.0. The van der Waals surface area contributed by atoms with Gasteiger partial charge in [0.25, 0.3) is 5.56 Å². The molecule has 2 aromatic carbocycles. The van der Waals surface area contributed by atoms with Crippen LogP contribution in [0.15, 0.2) is 80.1 Å². The van der Waals surface area contributed by atoms with Crippen molar-refractivity contribution in [2.75, 3.05) is 13.7 Å². The molecule has 10 heteroatoms. The van der Waals surface area contributed by atoms with E-state index in [2.05, 4.69) is 4.99 Å². The predicted octanol–water partition coefficient (Wildman–Crippen LogP) is 4.07. The Balaban J connectivity index is 1.65. The van der Waals surface area contributed by atoms with Crippen LogP contribution in [0.5, 0.6) is 5.75 Å². The molecule has 0 spiro atoms. The van der Waals surface area contributed by atoms with Gasteiger partial charge < -0.3 is 19.0 Å². The number of fused-ring (bicyclic) bond motifs is 1. The summed E-state index contributed by atoms with van der Waals surface area (Å²) in [6.45, 7) is 5.34. The van der Waals surface area contributed by atoms with Gasteiger partial charge >= 0.3 is 11.9 Å². The van der Waals surface area contributed by atoms with Gasteiger partial charge in [0, 0.05) is 17.2 Å². The minimum absolute atomic E-state index is 0.175. The monoisotopic (exact) mass is 558 g/mol. The molecule has 204 valence electrons. The molecular weight excluding hydrogens is 532 g/mol. The van der Waals surface area contributed by atoms with Crippen LogP contribution in [0.4, 0.5) is 0 Å². The summed E-state index contributed by atoms with van der Waals surface area (Å²) >= 11 is 1.18. The number of nitrogens with zero attached hydrogens (tertiary/aromatic N) is 2. The second-order valence-corrected chi connectivity index (χ2v) is 10.0. The summed E-state index contributed by atoms with van der Waals surface area (Å²) in [7, 11) is 1.53. The zero-order valence-electron chi connectivity index (χ0n) is 22.3. The molecule has 1 atom stereocenters. The largest absolute Gasteiger partial charge is 0.496 e. The Labute approximate surface area is 232 Å². The lowest BCUT2D eigenvalue weighted by molar-refractivity contribution is -0.139. The maximum atomic E-state index is 13.8. The number of rotatable bonds is 7. The van der Waals surface area contributed by atoms with E-state index in [9.17, 15) is 19.5 Å². The number of carbonyl (C=O) groups excluding carboxylic acids is 1. The molecule has 0 saturated carbocycles. The third kappa shape index (κ3) is 4.66. The summed E-state index contributed by atoms with van der Waals surface area (Å²) in [5, 5.41) is 9.46. The highest BCUT2D eigenvalue weighted by atomic mass is 32.1. The fourth-order valence-electron chi connectivity index (χ4n) is 4.82. The molecule has 5 rings (SSSR count). The first-order valence-corrected chi connectivity index (χ1v) is 13.3. The number of esters is 1. The Bertz CT molecular complexity index is 1860. The molecule has 40 heavy (non-hydrogen) atoms. The van der Waals surface area contributed by atoms with Crippen molar-refractivity contribution >= 4 is 29.4 Å². The molecular formula is C30H26N2O7S. The second kappa shape index (κ2) is 10.8. The minimum Gasteiger partial charge on any atom is -0.496 e. The van der Waals surface area contributed by atoms with E-state index in [4.69, 9.17) is 13.9 Å². The Hall–Kier alpha value is -4.70. The molecule has 0 aliphatic carbocycles. The topological polar surface area (TPSA) is 120 Å². The molecule has 2 aromatic heterocycles. The van der Waals surface area contributed by atoms with Crippen molar-refractivity contribution in [1.82, 2.24) is 4.57 Å². The smallest absolute Gasteiger partial charge is 0.338 e. The van der Waals surface area contributed by atoms with Gasteiger partial charge in [0.1, 0.15) is 23.3 Å². The summed E-state index contributed by atoms with van der Waals surface area (Å²) in [6, 6.07) is 14.8. The molecule has 3 heterocycles. The van der Waals surface area contributed by atoms with Crippen LogP contribution in [0.3, 0.4) is 0 Å². The van der Waals surface area contributed by atoms with Crippen molar-refractivity contribution in [3.05, 3.63) is 108 Å². The van der Waals surface area contributed by atoms with E-state index in [0.717, 1.165) is 0 Å². The van der Waals surface area contributed by atoms with Crippen molar-refractivity contribution in [2.24, 2.45) is 4.99 Å². The Morgan fingerprint density at radius 2 is 1.90 bits per heavy atom. The van der Waals surface area contributed by atoms with E-state index in [1.807, 2.05) is 18.2 Å². The number of aromatic nitrogens is 1. The number of furan rings is 1. The number of methoxy groups -OCH3 is 1. The number of hydrogen-bond donors (Lipinski definition) is 1. The average Bonchev–Trinajstić information content (AvgIpc) is 3.52. The molecule has 0 bridgehead atoms. The highest BCUT2D eigenvalue weighted by Crippen LogP contribution is 2.35. The first-order chi connectivity index (χ1) is 19.2. The Morgan fingerprint density at radius 3 is 2.62 bits per heavy atom. The van der Waals surface area contributed by atoms with Crippen LogP contribution in [0, 0.1) is 6.92 Å². The molecule has 0 unspecified atom stereocenters. The van der Waals surface area contributed by atoms with Gasteiger partial charge in [0.05, 0.1) is 35.1 Å². The fourth-order valence-corrected chi connectivity index (χ4v) is 5.84. The van der Waals surface area contributed by atoms with Crippen molar-refractivity contribution in [1.29, 1.82) is 0 Å². The Morgan fingerprint density at radius 1 is 1.12 bits per heavy atom. The number of para-hydroxylation sites is 1. The van der Waals surface area contributed by atoms with Crippen LogP contribution in [-0.4, -0.2) is 35.3 Å². The highest BCUT2D eigenvalue weighted by Gasteiger charge is 2.35. The molecule has 1 aliphatic heterocycles. The Kier molecular flexibility index (Phi) is 7.27. The van der Waals surface area contributed by atoms with Gasteiger partial charge in [-0.15, -0.1) is 0 Å². The SMILES string of the molecule is CCOC(=O)C1=C(C)N=c2sc(=Cc3ccc(-c4cccc(C(=O)O)c4C)o3)c(=O)n2[C@H]1c1ccccc1OC. The van der Waals surface area contributed by atoms with E-state index in [0.29, 0.717) is 49.0 Å². The van der Waals surface area contributed by atoms with Gasteiger partial charge in [-0.05, 0) is 50.6 Å². The lowest BCUT2D eigenvalue weighted by atomic mass is 9.95. The number of thiazole rings is 1. The van der Waals surface area contributed by atoms with E-state index >= 15 is 0 Å². The van der Waals surface area contributed by atoms with E-state index in [1.54, 1.807) is 57.2 Å². The molecule has 0 radical (unpaired) electrons. The lowest BCUT2D eigenvalue weighted by Crippen LogP contribution is -2.40. The first-order valence-electron chi connectivity index (χ1n) is 12.5. The van der Waals surface area contributed by atoms with Gasteiger partial charge in [-0.3, -0.25) is 9.36 Å². The maximum Gasteiger partial charge on any atom is 0.338 e. The van der Waals surface area contributed by atoms with Crippen LogP contribution < -0.4 is 19.6 Å². The van der Waals surface area contributed by atoms with Crippen LogP contribution in [0.2, 0.25) is 0 Å². The van der Waals surface area contributed by atoms with Gasteiger partial charge in [0.15, 0.2) is 4.80 Å². The van der Waals surface area contributed by atoms with Crippen molar-refractivity contribution < 1.29 is 28.6 Å². The van der Waals surface area contributed by atoms with E-state index < -0.39 is 18.0 Å². The fraction of sp³-hybridized carbons (Fsp3) is 0.200. The van der Waals surface area contributed by atoms with Crippen LogP contribution in [-0.2, 0) is 9.53 Å². The molecule has 0 saturated heterocycles. The third-order valence-corrected chi connectivity index (χ3v) is 7.66. The zero-order valence-corrected chi connectivity index (χ0v) is 23.1. The summed E-state index contributed by atoms with van der Waals surface area (Å²) < 4.78 is 18.8. The molecule has 0 amide bonds. The van der Waals surface area contributed by atoms with Crippen LogP contribution in [0.1, 0.15) is 47.1 Å². The molecule has 1 N–H and O–H groups in total. The summed E-state index contributed by atoms with van der Waals surface area (Å²) in [5.74, 6) is -0.159. The minimum atomic E-state index is -1.02. The average molecular weight is 559 g/mol. The predicted molar refractivity (Wildman–Crippen MR) is 149 cm³/mol. The summed E-state index contributed by atoms with van der Waals surface area (Å²) in [6.07, 6.45) is 1.62. The van der Waals surface area contributed by atoms with Crippen molar-refractivity contribution in [3.8, 4) is 17.1 Å². The van der Waals surface area contributed by atoms with Crippen molar-refractivity contribution in [2.45, 2.75) is 26.8 Å². The number of carboxylic acid groups (broad SMARTS) is 1. The number of carboxylic acids is 1. The van der Waals surface area contributed by atoms with E-state index in [1.165, 1.54) is 29.1 Å². The lowest BCUT2D eigenvalue weighted by Gasteiger charge is -2.25. The van der Waals surface area contributed by atoms with Gasteiger partial charge in [-0.1, -0.05) is 41.7 Å². The van der Waals surface area contributed by atoms with Crippen LogP contribution >= 0.6 is 11.3 Å². The highest BCUT2D eigenvalue weighted by molar-refractivity contribution is 7.07. The number of aromatic carboxylic acids is 1.